The molecule has 0 spiro atoms. The van der Waals surface area contributed by atoms with Crippen LogP contribution in [0.25, 0.3) is 72.1 Å². The summed E-state index contributed by atoms with van der Waals surface area (Å²) < 4.78 is 6.11. The van der Waals surface area contributed by atoms with E-state index in [9.17, 15) is 15.2 Å². The molecule has 2 aliphatic heterocycles. The van der Waals surface area contributed by atoms with Gasteiger partial charge in [0.1, 0.15) is 40.1 Å². The number of aryl methyl sites for hydroxylation is 2. The van der Waals surface area contributed by atoms with Crippen LogP contribution in [0.4, 0.5) is 0 Å². The summed E-state index contributed by atoms with van der Waals surface area (Å²) in [5.74, 6) is 3.87. The van der Waals surface area contributed by atoms with Crippen LogP contribution in [0.5, 0.6) is 0 Å². The van der Waals surface area contributed by atoms with Gasteiger partial charge in [-0.1, -0.05) is 130 Å². The van der Waals surface area contributed by atoms with E-state index in [0.29, 0.717) is 35.1 Å². The van der Waals surface area contributed by atoms with Gasteiger partial charge in [0.25, 0.3) is 5.65 Å². The van der Waals surface area contributed by atoms with E-state index in [4.69, 9.17) is 20.7 Å². The quantitative estimate of drug-likeness (QED) is 0.0409. The number of aromatic nitrogens is 12. The van der Waals surface area contributed by atoms with Gasteiger partial charge in [-0.05, 0) is 241 Å². The van der Waals surface area contributed by atoms with Crippen LogP contribution in [0.1, 0.15) is 274 Å². The fourth-order valence-corrected chi connectivity index (χ4v) is 16.5. The summed E-state index contributed by atoms with van der Waals surface area (Å²) >= 11 is 0. The van der Waals surface area contributed by atoms with Gasteiger partial charge in [-0.15, -0.1) is 12.4 Å². The number of aliphatic hydroxyl groups is 1. The maximum absolute atomic E-state index is 11.8. The number of carbonyl (C=O) groups excluding carboxylic acids is 1. The Morgan fingerprint density at radius 1 is 0.579 bits per heavy atom. The van der Waals surface area contributed by atoms with Gasteiger partial charge in [-0.2, -0.15) is 17.1 Å². The molecule has 5 fully saturated rings. The number of ketones is 1. The van der Waals surface area contributed by atoms with Crippen molar-refractivity contribution in [3.63, 3.8) is 0 Å². The van der Waals surface area contributed by atoms with Crippen LogP contribution < -0.4 is 69.0 Å². The van der Waals surface area contributed by atoms with E-state index < -0.39 is 8.07 Å². The second-order valence-corrected chi connectivity index (χ2v) is 36.5. The van der Waals surface area contributed by atoms with Crippen LogP contribution in [0.2, 0.25) is 19.6 Å². The predicted molar refractivity (Wildman–Crippen MR) is 488 cm³/mol. The van der Waals surface area contributed by atoms with Crippen molar-refractivity contribution in [3.05, 3.63) is 192 Å². The smallest absolute Gasteiger partial charge is 1.00 e. The zero-order valence-electron chi connectivity index (χ0n) is 75.3. The molecule has 9 N–H and O–H groups in total. The topological polar surface area (TPSA) is 348 Å². The Balaban J connectivity index is 0.00000137. The zero-order valence-corrected chi connectivity index (χ0v) is 81.7. The molecule has 0 radical (unpaired) electrons. The van der Waals surface area contributed by atoms with Crippen LogP contribution in [0.15, 0.2) is 153 Å². The number of aliphatic hydroxyl groups excluding tert-OH is 1. The number of aromatic amines is 3. The Morgan fingerprint density at radius 2 is 1.06 bits per heavy atom. The number of rotatable bonds is 8. The van der Waals surface area contributed by atoms with E-state index in [-0.39, 0.29) is 112 Å². The minimum absolute atomic E-state index is 0. The monoisotopic (exact) mass is 1800 g/mol. The van der Waals surface area contributed by atoms with E-state index in [1.807, 2.05) is 112 Å². The van der Waals surface area contributed by atoms with E-state index in [2.05, 4.69) is 143 Å². The molecule has 5 saturated carbocycles. The van der Waals surface area contributed by atoms with Crippen LogP contribution in [-0.4, -0.2) is 127 Å². The largest absolute Gasteiger partial charge is 1.00 e. The molecule has 0 atom stereocenters. The Bertz CT molecular complexity index is 4890. The summed E-state index contributed by atoms with van der Waals surface area (Å²) in [4.78, 5) is 43.8. The molecule has 654 valence electrons. The minimum Gasteiger partial charge on any atom is -1.00 e. The molecule has 10 aromatic heterocycles. The summed E-state index contributed by atoms with van der Waals surface area (Å²) in [6, 6.07) is 28.2. The number of fused-ring (bicyclic) bond motifs is 6. The Hall–Kier alpha value is -6.90. The Kier molecular flexibility index (Phi) is 54.5. The van der Waals surface area contributed by atoms with Crippen LogP contribution >= 0.6 is 12.4 Å². The number of H-pyrrole nitrogens is 3. The number of allylic oxidation sites excluding steroid dienone is 2. The molecule has 6 aliphatic carbocycles. The van der Waals surface area contributed by atoms with Crippen molar-refractivity contribution < 1.29 is 118 Å². The summed E-state index contributed by atoms with van der Waals surface area (Å²) in [7, 11) is 3.40. The van der Waals surface area contributed by atoms with Gasteiger partial charge in [0.2, 0.25) is 0 Å². The first-order valence-corrected chi connectivity index (χ1v) is 46.3. The average Bonchev–Trinajstić information content (AvgIpc) is 1.63. The first kappa shape index (κ1) is 110. The van der Waals surface area contributed by atoms with Crippen LogP contribution in [0.3, 0.4) is 0 Å². The molecule has 0 amide bonds. The first-order valence-electron chi connectivity index (χ1n) is 42.8. The number of nitriles is 2. The second-order valence-electron chi connectivity index (χ2n) is 31.8. The van der Waals surface area contributed by atoms with Crippen molar-refractivity contribution in [1.29, 1.82) is 10.5 Å². The van der Waals surface area contributed by atoms with Gasteiger partial charge in [0, 0.05) is 148 Å². The zero-order chi connectivity index (χ0) is 82.3. The van der Waals surface area contributed by atoms with E-state index >= 15 is 0 Å². The van der Waals surface area contributed by atoms with Gasteiger partial charge >= 0.3 is 59.1 Å². The van der Waals surface area contributed by atoms with Gasteiger partial charge in [0.15, 0.2) is 13.9 Å². The van der Waals surface area contributed by atoms with Crippen LogP contribution in [0, 0.1) is 27.5 Å². The Morgan fingerprint density at radius 3 is 1.56 bits per heavy atom. The van der Waals surface area contributed by atoms with Crippen molar-refractivity contribution >= 4 is 87.0 Å². The average molecular weight is 1810 g/mol. The van der Waals surface area contributed by atoms with Crippen molar-refractivity contribution in [1.82, 2.24) is 58.6 Å². The summed E-state index contributed by atoms with van der Waals surface area (Å²) in [5, 5.41) is 60.5. The van der Waals surface area contributed by atoms with Gasteiger partial charge in [0.05, 0.1) is 24.8 Å². The molecule has 8 aliphatic rings. The van der Waals surface area contributed by atoms with Gasteiger partial charge in [-0.25, -0.2) is 39.5 Å². The fourth-order valence-electron chi connectivity index (χ4n) is 16.5. The van der Waals surface area contributed by atoms with Gasteiger partial charge < -0.3 is 57.4 Å². The molecular formula is C94H138ClN15Na2O7PdSi. The summed E-state index contributed by atoms with van der Waals surface area (Å²) in [6.07, 6.45) is 60.4. The molecule has 0 saturated heterocycles. The number of pyridine rings is 6. The number of nitrogens with one attached hydrogen (secondary N) is 3. The fraction of sp³-hybridized carbons (Fsp3) is 0.500. The number of nitrogens with zero attached hydrogens (tertiary/aromatic N) is 12. The third-order valence-electron chi connectivity index (χ3n) is 22.6. The van der Waals surface area contributed by atoms with E-state index in [0.717, 1.165) is 92.7 Å². The maximum atomic E-state index is 11.8. The van der Waals surface area contributed by atoms with E-state index in [1.54, 1.807) is 25.5 Å². The van der Waals surface area contributed by atoms with Crippen molar-refractivity contribution in [2.24, 2.45) is 14.1 Å². The molecule has 121 heavy (non-hydrogen) atoms. The minimum atomic E-state index is -1.33. The third-order valence-corrected chi connectivity index (χ3v) is 23.3. The molecular weight excluding hydrogens is 1670 g/mol. The van der Waals surface area contributed by atoms with Crippen molar-refractivity contribution in [2.75, 3.05) is 33.4 Å². The number of halogens is 1. The molecule has 0 aromatic carbocycles. The SMILES string of the molecule is C1=C(c2c[nH]c3ncccc23)CCCC1.CCN(CC)CC.CCO.C[O-].C[Si](C)(C)C#N.Cl.Cn1cc(C2CCCCC2)c2ccc(C#N)nc21.Cn1cc(C2CCCCC2)c2ccc[n+]([O-])c21.O.O.O=C1CCCCC1.On1cccc2c(C3CCCCC3)cnc1-2.[H-].[HH].[Na+].[Na+].[Pd].c1cnc2[nH]cc(C3CCCCC3)c2c1.c1cnc2[nH]ccc2c1. The van der Waals surface area contributed by atoms with Gasteiger partial charge in [-0.3, -0.25) is 4.79 Å². The summed E-state index contributed by atoms with van der Waals surface area (Å²) in [5.41, 5.74) is 17.0. The second kappa shape index (κ2) is 59.8. The van der Waals surface area contributed by atoms with Crippen molar-refractivity contribution in [3.8, 4) is 23.1 Å². The number of carbonyl (C=O) groups is 1. The summed E-state index contributed by atoms with van der Waals surface area (Å²) in [6.45, 7) is 18.1. The molecule has 18 rings (SSSR count). The number of Topliss-reactive ketones (excluding diaryl/α,β-unsaturated/α-hetero) is 1. The molecule has 22 nitrogen and oxygen atoms in total. The number of hydrogen-bond donors (Lipinski definition) is 5. The van der Waals surface area contributed by atoms with Crippen LogP contribution in [-0.2, 0) is 39.3 Å². The van der Waals surface area contributed by atoms with Crippen molar-refractivity contribution in [2.45, 2.75) is 257 Å². The van der Waals surface area contributed by atoms with E-state index in [1.165, 1.54) is 230 Å². The maximum Gasteiger partial charge on any atom is 1.00 e. The third kappa shape index (κ3) is 33.8. The first-order chi connectivity index (χ1) is 56.0. The predicted octanol–water partition coefficient (Wildman–Crippen LogP) is 14.7. The number of hydrogen-bond acceptors (Lipinski definition) is 13. The normalized spacial score (nSPS) is 15.1. The standard InChI is InChI=1S/C15H17N3.C14H18N2O.C13H16N2O.C13H16N2.C13H14N2.C7H6N2.C6H15N.C6H10O.C4H9NSi.C2H6O.CH3O.ClH.2Na.2H2O.Pd.H2.H/c1-18-10-14(11-5-3-2-4-6-11)13-8-7-12(9-16)17-15(13)18;1-15-10-13(11-6-3-2-4-7-11)12-8-5-9-16(17)14(12)15;16-15-8-4-7-11-12(9-14-13(11)15)10-5-2-1-3-6-10;2*1-2-5-10(6-3-1)12-9-15-13-11(12)7-4-8-14-13;1-2-6-3-5-9-7(6)8-4-1;1-4-7(5-2)6-3;7-6-4-2-1-3-5-6;1-6(2,3)4-5;1-2-3;1-2;;;;;;;;/h7-8,10-11H,2-6H2,1H3;5,8-11H,2-4,6-7H2,1H3;4,7-10,16H,1-3,5-6H2;4,7-10H,1-3,5-6H2,(H,14,15);4-5,7-9H,1-3,6H2,(H,14,15);1-5H,(H,8,9);4-6H2,1-3H3;1-5H2;1-3H3;3H,2H2,1H3;1H3;1H;;;2*1H2;;1H;/q;;;;;;;;;;-1;;2*+1;;;;;-1. The molecule has 27 heteroatoms. The molecule has 0 unspecified atom stereocenters. The Labute approximate surface area is 787 Å². The molecule has 10 aromatic rings. The molecule has 0 bridgehead atoms. The molecule has 12 heterocycles.